The fourth-order valence-corrected chi connectivity index (χ4v) is 2.24. The molecule has 2 rings (SSSR count). The molecule has 1 aromatic rings. The van der Waals surface area contributed by atoms with Crippen LogP contribution in [0.1, 0.15) is 24.8 Å². The first-order chi connectivity index (χ1) is 8.74. The van der Waals surface area contributed by atoms with Gasteiger partial charge in [0.1, 0.15) is 6.61 Å². The van der Waals surface area contributed by atoms with Crippen molar-refractivity contribution in [2.24, 2.45) is 5.92 Å². The van der Waals surface area contributed by atoms with Gasteiger partial charge in [-0.25, -0.2) is 4.79 Å². The summed E-state index contributed by atoms with van der Waals surface area (Å²) in [6.45, 7) is 0.880. The predicted molar refractivity (Wildman–Crippen MR) is 68.0 cm³/mol. The topological polar surface area (TPSA) is 58.6 Å². The van der Waals surface area contributed by atoms with E-state index in [0.717, 1.165) is 24.8 Å². The lowest BCUT2D eigenvalue weighted by Gasteiger charge is -2.11. The highest BCUT2D eigenvalue weighted by Gasteiger charge is 2.23. The van der Waals surface area contributed by atoms with Crippen molar-refractivity contribution >= 4 is 6.09 Å². The van der Waals surface area contributed by atoms with Gasteiger partial charge in [-0.1, -0.05) is 30.3 Å². The molecule has 0 unspecified atom stereocenters. The van der Waals surface area contributed by atoms with Crippen molar-refractivity contribution in [3.63, 3.8) is 0 Å². The molecule has 0 saturated heterocycles. The number of amides is 1. The number of carbonyl (C=O) groups is 1. The second kappa shape index (κ2) is 6.40. The highest BCUT2D eigenvalue weighted by molar-refractivity contribution is 5.67. The molecule has 0 aliphatic heterocycles. The van der Waals surface area contributed by atoms with Crippen LogP contribution in [0.15, 0.2) is 30.3 Å². The van der Waals surface area contributed by atoms with Gasteiger partial charge >= 0.3 is 6.09 Å². The minimum Gasteiger partial charge on any atom is -0.445 e. The van der Waals surface area contributed by atoms with Gasteiger partial charge in [-0.3, -0.25) is 0 Å². The highest BCUT2D eigenvalue weighted by Crippen LogP contribution is 2.24. The number of ether oxygens (including phenoxy) is 1. The number of hydrogen-bond donors (Lipinski definition) is 2. The standard InChI is InChI=1S/C14H19NO3/c16-13-7-6-12(8-13)9-15-14(17)18-10-11-4-2-1-3-5-11/h1-5,12-13,16H,6-10H2,(H,15,17)/t12-,13+/m1/s1. The third-order valence-electron chi connectivity index (χ3n) is 3.26. The number of carbonyl (C=O) groups excluding carboxylic acids is 1. The summed E-state index contributed by atoms with van der Waals surface area (Å²) < 4.78 is 5.10. The van der Waals surface area contributed by atoms with E-state index in [1.807, 2.05) is 30.3 Å². The molecule has 1 aliphatic rings. The van der Waals surface area contributed by atoms with Crippen LogP contribution >= 0.6 is 0 Å². The average molecular weight is 249 g/mol. The van der Waals surface area contributed by atoms with Gasteiger partial charge in [-0.05, 0) is 30.7 Å². The summed E-state index contributed by atoms with van der Waals surface area (Å²) in [5.41, 5.74) is 0.976. The smallest absolute Gasteiger partial charge is 0.407 e. The summed E-state index contributed by atoms with van der Waals surface area (Å²) >= 11 is 0. The third kappa shape index (κ3) is 4.04. The zero-order chi connectivity index (χ0) is 12.8. The Morgan fingerprint density at radius 3 is 2.78 bits per heavy atom. The second-order valence-electron chi connectivity index (χ2n) is 4.78. The second-order valence-corrected chi connectivity index (χ2v) is 4.78. The summed E-state index contributed by atoms with van der Waals surface area (Å²) in [7, 11) is 0. The van der Waals surface area contributed by atoms with Crippen molar-refractivity contribution in [1.29, 1.82) is 0 Å². The zero-order valence-electron chi connectivity index (χ0n) is 10.3. The number of hydrogen-bond acceptors (Lipinski definition) is 3. The normalized spacial score (nSPS) is 22.7. The predicted octanol–water partition coefficient (Wildman–Crippen LogP) is 2.07. The number of nitrogens with one attached hydrogen (secondary N) is 1. The molecule has 1 aliphatic carbocycles. The van der Waals surface area contributed by atoms with E-state index in [1.54, 1.807) is 0 Å². The Morgan fingerprint density at radius 2 is 2.11 bits per heavy atom. The third-order valence-corrected chi connectivity index (χ3v) is 3.26. The van der Waals surface area contributed by atoms with Gasteiger partial charge < -0.3 is 15.2 Å². The van der Waals surface area contributed by atoms with Gasteiger partial charge in [-0.15, -0.1) is 0 Å². The summed E-state index contributed by atoms with van der Waals surface area (Å²) in [6.07, 6.45) is 2.00. The van der Waals surface area contributed by atoms with Crippen molar-refractivity contribution in [2.75, 3.05) is 6.54 Å². The summed E-state index contributed by atoms with van der Waals surface area (Å²) in [4.78, 5) is 11.5. The van der Waals surface area contributed by atoms with E-state index in [4.69, 9.17) is 4.74 Å². The van der Waals surface area contributed by atoms with Crippen molar-refractivity contribution in [2.45, 2.75) is 32.0 Å². The first-order valence-electron chi connectivity index (χ1n) is 6.36. The van der Waals surface area contributed by atoms with Crippen molar-refractivity contribution in [3.05, 3.63) is 35.9 Å². The minimum atomic E-state index is -0.389. The Labute approximate surface area is 107 Å². The quantitative estimate of drug-likeness (QED) is 0.859. The van der Waals surface area contributed by atoms with Gasteiger partial charge in [0.15, 0.2) is 0 Å². The first-order valence-corrected chi connectivity index (χ1v) is 6.36. The molecule has 4 nitrogen and oxygen atoms in total. The number of benzene rings is 1. The monoisotopic (exact) mass is 249 g/mol. The molecule has 1 saturated carbocycles. The van der Waals surface area contributed by atoms with Crippen LogP contribution < -0.4 is 5.32 Å². The number of aliphatic hydroxyl groups is 1. The van der Waals surface area contributed by atoms with Gasteiger partial charge in [0, 0.05) is 6.54 Å². The molecule has 0 aromatic heterocycles. The fourth-order valence-electron chi connectivity index (χ4n) is 2.24. The molecule has 0 radical (unpaired) electrons. The largest absolute Gasteiger partial charge is 0.445 e. The Balaban J connectivity index is 1.63. The van der Waals surface area contributed by atoms with E-state index < -0.39 is 0 Å². The molecule has 18 heavy (non-hydrogen) atoms. The van der Waals surface area contributed by atoms with Crippen LogP contribution in [-0.2, 0) is 11.3 Å². The maximum absolute atomic E-state index is 11.5. The van der Waals surface area contributed by atoms with Crippen LogP contribution in [0.4, 0.5) is 4.79 Å². The van der Waals surface area contributed by atoms with E-state index in [0.29, 0.717) is 19.1 Å². The van der Waals surface area contributed by atoms with Crippen LogP contribution in [0.5, 0.6) is 0 Å². The lowest BCUT2D eigenvalue weighted by molar-refractivity contribution is 0.137. The fraction of sp³-hybridized carbons (Fsp3) is 0.500. The number of rotatable bonds is 4. The molecular formula is C14H19NO3. The van der Waals surface area contributed by atoms with Crippen LogP contribution in [-0.4, -0.2) is 23.8 Å². The Hall–Kier alpha value is -1.55. The van der Waals surface area contributed by atoms with Crippen molar-refractivity contribution in [3.8, 4) is 0 Å². The highest BCUT2D eigenvalue weighted by atomic mass is 16.5. The average Bonchev–Trinajstić information content (AvgIpc) is 2.81. The molecule has 2 N–H and O–H groups in total. The molecule has 98 valence electrons. The van der Waals surface area contributed by atoms with E-state index in [-0.39, 0.29) is 12.2 Å². The Bertz CT molecular complexity index is 380. The van der Waals surface area contributed by atoms with Gasteiger partial charge in [0.2, 0.25) is 0 Å². The summed E-state index contributed by atoms with van der Waals surface area (Å²) in [5.74, 6) is 0.379. The number of aliphatic hydroxyl groups excluding tert-OH is 1. The minimum absolute atomic E-state index is 0.197. The van der Waals surface area contributed by atoms with Crippen LogP contribution in [0.25, 0.3) is 0 Å². The van der Waals surface area contributed by atoms with Crippen molar-refractivity contribution in [1.82, 2.24) is 5.32 Å². The van der Waals surface area contributed by atoms with E-state index in [1.165, 1.54) is 0 Å². The molecule has 0 heterocycles. The molecule has 1 fully saturated rings. The summed E-state index contributed by atoms with van der Waals surface area (Å²) in [6, 6.07) is 9.59. The molecule has 4 heteroatoms. The Kier molecular flexibility index (Phi) is 4.59. The molecule has 2 atom stereocenters. The Morgan fingerprint density at radius 1 is 1.33 bits per heavy atom. The van der Waals surface area contributed by atoms with E-state index >= 15 is 0 Å². The van der Waals surface area contributed by atoms with Crippen LogP contribution in [0.2, 0.25) is 0 Å². The van der Waals surface area contributed by atoms with Crippen molar-refractivity contribution < 1.29 is 14.6 Å². The molecule has 0 spiro atoms. The SMILES string of the molecule is O=C(NC[C@@H]1CC[C@H](O)C1)OCc1ccccc1. The zero-order valence-corrected chi connectivity index (χ0v) is 10.3. The maximum atomic E-state index is 11.5. The molecule has 1 amide bonds. The van der Waals surface area contributed by atoms with E-state index in [9.17, 15) is 9.90 Å². The number of alkyl carbamates (subject to hydrolysis) is 1. The van der Waals surface area contributed by atoms with Gasteiger partial charge in [-0.2, -0.15) is 0 Å². The molecule has 1 aromatic carbocycles. The lowest BCUT2D eigenvalue weighted by Crippen LogP contribution is -2.29. The van der Waals surface area contributed by atoms with Gasteiger partial charge in [0.25, 0.3) is 0 Å². The molecule has 0 bridgehead atoms. The van der Waals surface area contributed by atoms with E-state index in [2.05, 4.69) is 5.32 Å². The molecular weight excluding hydrogens is 230 g/mol. The maximum Gasteiger partial charge on any atom is 0.407 e. The first kappa shape index (κ1) is 12.9. The lowest BCUT2D eigenvalue weighted by atomic mass is 10.1. The van der Waals surface area contributed by atoms with Crippen LogP contribution in [0.3, 0.4) is 0 Å². The summed E-state index contributed by atoms with van der Waals surface area (Å²) in [5, 5.41) is 12.1. The van der Waals surface area contributed by atoms with Gasteiger partial charge in [0.05, 0.1) is 6.10 Å². The van der Waals surface area contributed by atoms with Crippen LogP contribution in [0, 0.1) is 5.92 Å².